The molecule has 20 nitrogen and oxygen atoms in total. The molecule has 6 aromatic carbocycles. The molecule has 1 saturated heterocycles. The Morgan fingerprint density at radius 1 is 0.476 bits per heavy atom. The molecule has 7 amide bonds. The summed E-state index contributed by atoms with van der Waals surface area (Å²) in [6.45, 7) is 18.8. The molecule has 544 valence electrons. The quantitative estimate of drug-likeness (QED) is 0.0137. The summed E-state index contributed by atoms with van der Waals surface area (Å²) in [5.41, 5.74) is 5.70. The third kappa shape index (κ3) is 19.9. The van der Waals surface area contributed by atoms with Crippen LogP contribution in [0.5, 0.6) is 0 Å². The van der Waals surface area contributed by atoms with Crippen molar-refractivity contribution in [3.8, 4) is 0 Å². The van der Waals surface area contributed by atoms with Gasteiger partial charge in [0.2, 0.25) is 35.4 Å². The average Bonchev–Trinajstić information content (AvgIpc) is 1.69. The minimum Gasteiger partial charge on any atom is -0.445 e. The zero-order valence-corrected chi connectivity index (χ0v) is 61.7. The van der Waals surface area contributed by atoms with Gasteiger partial charge in [0.05, 0.1) is 18.8 Å². The number of alkyl carbamates (subject to hydrolysis) is 1. The molecule has 0 radical (unpaired) electrons. The number of carbonyl (C=O) groups excluding carboxylic acids is 7. The molecule has 9 aromatic rings. The fourth-order valence-corrected chi connectivity index (χ4v) is 18.8. The molecule has 21 heteroatoms. The molecule has 8 atom stereocenters. The van der Waals surface area contributed by atoms with Gasteiger partial charge in [-0.05, 0) is 112 Å². The van der Waals surface area contributed by atoms with E-state index in [1.807, 2.05) is 193 Å². The van der Waals surface area contributed by atoms with Gasteiger partial charge in [-0.2, -0.15) is 0 Å². The number of carbonyl (C=O) groups is 7. The highest BCUT2D eigenvalue weighted by Crippen LogP contribution is 2.37. The maximum Gasteiger partial charge on any atom is 0.408 e. The van der Waals surface area contributed by atoms with Gasteiger partial charge in [-0.1, -0.05) is 208 Å². The maximum absolute atomic E-state index is 15.3. The largest absolute Gasteiger partial charge is 0.445 e. The summed E-state index contributed by atoms with van der Waals surface area (Å²) < 4.78 is 19.5. The van der Waals surface area contributed by atoms with Crippen LogP contribution < -0.4 is 47.6 Å². The minimum atomic E-state index is -2.96. The summed E-state index contributed by atoms with van der Waals surface area (Å²) in [7, 11) is -2.96. The van der Waals surface area contributed by atoms with Crippen LogP contribution in [0.3, 0.4) is 0 Å². The summed E-state index contributed by atoms with van der Waals surface area (Å²) in [5, 5.41) is 25.8. The summed E-state index contributed by atoms with van der Waals surface area (Å²) in [5.74, 6) is -3.27. The second kappa shape index (κ2) is 35.4. The number of para-hydroxylation sites is 3. The highest BCUT2D eigenvalue weighted by atomic mass is 28.4. The predicted molar refractivity (Wildman–Crippen MR) is 407 cm³/mol. The Balaban J connectivity index is 0.848. The lowest BCUT2D eigenvalue weighted by atomic mass is 9.92. The molecule has 0 saturated carbocycles. The fraction of sp³-hybridized carbons (Fsp3) is 0.402. The Morgan fingerprint density at radius 2 is 0.883 bits per heavy atom. The van der Waals surface area contributed by atoms with E-state index < -0.39 is 98.3 Å². The van der Waals surface area contributed by atoms with Gasteiger partial charge in [0.25, 0.3) is 8.32 Å². The number of aromatic nitrogens is 3. The van der Waals surface area contributed by atoms with Crippen molar-refractivity contribution in [1.29, 1.82) is 0 Å². The molecule has 10 N–H and O–H groups in total. The molecular weight excluding hydrogens is 1310 g/mol. The van der Waals surface area contributed by atoms with Gasteiger partial charge in [-0.15, -0.1) is 0 Å². The number of fused-ring (bicyclic) bond motifs is 3. The van der Waals surface area contributed by atoms with E-state index in [1.165, 1.54) is 0 Å². The van der Waals surface area contributed by atoms with Crippen LogP contribution in [0.2, 0.25) is 5.04 Å². The Hall–Kier alpha value is -9.83. The first-order chi connectivity index (χ1) is 49.5. The smallest absolute Gasteiger partial charge is 0.408 e. The van der Waals surface area contributed by atoms with E-state index in [-0.39, 0.29) is 74.7 Å². The standard InChI is InChI=1S/C82H102N10O10Si/c1-52(2)42-67(87-76(94)68(43-53(3)4)89-79(97)72(47-58-50-86-66-37-24-21-34-63(58)66)92-81(99)100-51-55-26-13-10-14-27-55)73-38-25-39-74(102-73)80(98)91-71(46-57-49-85-65-36-23-20-33-62(57)65)78(96)88-69(44-54(5)6)77(95)90-70(45-56-48-84-64-35-22-19-32-61(56)64)75(93)83-40-41-101-103(82(7,8)9,59-28-15-11-16-29-59)60-30-17-12-18-31-60/h10-24,26-37,48-50,52-54,67-74,84-86H,25,38-47,51H2,1-9H3,(H,83,93)(H,87,94)(H,88,96)(H,89,97)(H,90,95)(H,91,98)(H,92,99)/t67-,68+,69+,70-,71-,72-,73-,74+/m0/s1. The SMILES string of the molecule is CC(C)C[C@H](NC(=O)[C@@H](CC(C)C)NC(=O)[C@H](Cc1c[nH]c2ccccc12)NC(=O)OCc1ccccc1)[C@@H]1CCC[C@H](C(=O)N[C@@H](Cc2c[nH]c3ccccc23)C(=O)N[C@H](CC(C)C)C(=O)N[C@@H](Cc2c[nH]c3ccccc23)C(=O)NCCO[Si](c2ccccc2)(c2ccccc2)C(C)(C)C)O1. The number of rotatable bonds is 33. The normalized spacial score (nSPS) is 16.0. The van der Waals surface area contributed by atoms with Crippen molar-refractivity contribution in [1.82, 2.24) is 52.2 Å². The van der Waals surface area contributed by atoms with Gasteiger partial charge < -0.3 is 66.1 Å². The van der Waals surface area contributed by atoms with E-state index in [4.69, 9.17) is 13.9 Å². The molecule has 0 bridgehead atoms. The molecule has 10 rings (SSSR count). The molecule has 3 aromatic heterocycles. The van der Waals surface area contributed by atoms with Crippen molar-refractivity contribution in [2.75, 3.05) is 13.2 Å². The highest BCUT2D eigenvalue weighted by molar-refractivity contribution is 6.99. The van der Waals surface area contributed by atoms with Crippen molar-refractivity contribution in [2.45, 2.75) is 180 Å². The van der Waals surface area contributed by atoms with Crippen molar-refractivity contribution in [3.63, 3.8) is 0 Å². The number of amides is 7. The topological polar surface area (TPSA) is 279 Å². The van der Waals surface area contributed by atoms with E-state index in [1.54, 1.807) is 6.20 Å². The number of ether oxygens (including phenoxy) is 2. The second-order valence-corrected chi connectivity index (χ2v) is 33.9. The first-order valence-corrected chi connectivity index (χ1v) is 38.3. The summed E-state index contributed by atoms with van der Waals surface area (Å²) >= 11 is 0. The van der Waals surface area contributed by atoms with Crippen LogP contribution in [0.4, 0.5) is 4.79 Å². The van der Waals surface area contributed by atoms with Gasteiger partial charge >= 0.3 is 6.09 Å². The average molecular weight is 1420 g/mol. The summed E-state index contributed by atoms with van der Waals surface area (Å²) in [6.07, 6.45) is 5.55. The molecule has 0 aliphatic carbocycles. The van der Waals surface area contributed by atoms with Gasteiger partial charge in [-0.3, -0.25) is 28.8 Å². The van der Waals surface area contributed by atoms with Crippen LogP contribution >= 0.6 is 0 Å². The fourth-order valence-electron chi connectivity index (χ4n) is 14.3. The maximum atomic E-state index is 15.3. The number of hydrogen-bond donors (Lipinski definition) is 10. The number of hydrogen-bond acceptors (Lipinski definition) is 10. The minimum absolute atomic E-state index is 0.0147. The molecule has 0 unspecified atom stereocenters. The van der Waals surface area contributed by atoms with Crippen molar-refractivity contribution < 1.29 is 47.5 Å². The molecular formula is C82H102N10O10Si. The summed E-state index contributed by atoms with van der Waals surface area (Å²) in [4.78, 5) is 113. The third-order valence-electron chi connectivity index (χ3n) is 19.3. The number of H-pyrrole nitrogens is 3. The van der Waals surface area contributed by atoms with Crippen LogP contribution in [-0.2, 0) is 68.5 Å². The zero-order chi connectivity index (χ0) is 73.2. The van der Waals surface area contributed by atoms with Crippen molar-refractivity contribution >= 4 is 92.9 Å². The van der Waals surface area contributed by atoms with E-state index >= 15 is 9.59 Å². The Labute approximate surface area is 605 Å². The molecule has 4 heterocycles. The number of nitrogens with one attached hydrogen (secondary N) is 10. The zero-order valence-electron chi connectivity index (χ0n) is 60.7. The predicted octanol–water partition coefficient (Wildman–Crippen LogP) is 10.6. The Kier molecular flexibility index (Phi) is 26.0. The molecule has 1 fully saturated rings. The van der Waals surface area contributed by atoms with Gasteiger partial charge in [-0.25, -0.2) is 4.79 Å². The molecule has 0 spiro atoms. The monoisotopic (exact) mass is 1410 g/mol. The van der Waals surface area contributed by atoms with Gasteiger partial charge in [0.1, 0.15) is 42.9 Å². The Bertz CT molecular complexity index is 4260. The summed E-state index contributed by atoms with van der Waals surface area (Å²) in [6, 6.07) is 46.7. The molecule has 103 heavy (non-hydrogen) atoms. The first-order valence-electron chi connectivity index (χ1n) is 36.4. The molecule has 1 aliphatic heterocycles. The van der Waals surface area contributed by atoms with Crippen LogP contribution in [0, 0.1) is 17.8 Å². The van der Waals surface area contributed by atoms with E-state index in [0.29, 0.717) is 25.7 Å². The highest BCUT2D eigenvalue weighted by Gasteiger charge is 2.50. The van der Waals surface area contributed by atoms with Gasteiger partial charge in [0.15, 0.2) is 0 Å². The first kappa shape index (κ1) is 75.8. The van der Waals surface area contributed by atoms with E-state index in [2.05, 4.69) is 97.2 Å². The molecule has 1 aliphatic rings. The third-order valence-corrected chi connectivity index (χ3v) is 24.3. The lowest BCUT2D eigenvalue weighted by Gasteiger charge is -2.43. The van der Waals surface area contributed by atoms with Crippen molar-refractivity contribution in [2.24, 2.45) is 17.8 Å². The van der Waals surface area contributed by atoms with Crippen LogP contribution in [-0.4, -0.2) is 126 Å². The lowest BCUT2D eigenvalue weighted by Crippen LogP contribution is -2.67. The van der Waals surface area contributed by atoms with Crippen molar-refractivity contribution in [3.05, 3.63) is 205 Å². The van der Waals surface area contributed by atoms with Crippen LogP contribution in [0.1, 0.15) is 123 Å². The number of aromatic amines is 3. The van der Waals surface area contributed by atoms with Crippen LogP contribution in [0.25, 0.3) is 32.7 Å². The van der Waals surface area contributed by atoms with E-state index in [0.717, 1.165) is 65.3 Å². The van der Waals surface area contributed by atoms with Crippen LogP contribution in [0.15, 0.2) is 182 Å². The Morgan fingerprint density at radius 3 is 1.35 bits per heavy atom. The second-order valence-electron chi connectivity index (χ2n) is 29.6. The van der Waals surface area contributed by atoms with Gasteiger partial charge in [0, 0.05) is 77.1 Å². The van der Waals surface area contributed by atoms with E-state index in [9.17, 15) is 24.0 Å². The number of benzene rings is 6. The lowest BCUT2D eigenvalue weighted by molar-refractivity contribution is -0.147.